The van der Waals surface area contributed by atoms with Crippen molar-refractivity contribution in [3.63, 3.8) is 0 Å². The lowest BCUT2D eigenvalue weighted by atomic mass is 10.2. The second kappa shape index (κ2) is 6.48. The first kappa shape index (κ1) is 16.1. The highest BCUT2D eigenvalue weighted by atomic mass is 16.4. The number of benzene rings is 1. The van der Waals surface area contributed by atoms with Gasteiger partial charge in [-0.2, -0.15) is 0 Å². The third-order valence-electron chi connectivity index (χ3n) is 4.22. The molecule has 0 bridgehead atoms. The van der Waals surface area contributed by atoms with Crippen molar-refractivity contribution < 1.29 is 9.21 Å². The first-order valence-electron chi connectivity index (χ1n) is 8.35. The van der Waals surface area contributed by atoms with Crippen LogP contribution in [0, 0.1) is 6.92 Å². The zero-order valence-corrected chi connectivity index (χ0v) is 14.2. The lowest BCUT2D eigenvalue weighted by molar-refractivity contribution is 0.0950. The molecule has 0 aliphatic carbocycles. The number of fused-ring (bicyclic) bond motifs is 2. The van der Waals surface area contributed by atoms with Gasteiger partial charge < -0.3 is 14.1 Å². The van der Waals surface area contributed by atoms with Crippen LogP contribution in [0.2, 0.25) is 0 Å². The fraction of sp³-hybridized carbons (Fsp3) is 0.150. The summed E-state index contributed by atoms with van der Waals surface area (Å²) in [6, 6.07) is 12.7. The molecular formula is C20H17N3O3. The van der Waals surface area contributed by atoms with Crippen LogP contribution in [-0.4, -0.2) is 21.8 Å². The van der Waals surface area contributed by atoms with E-state index < -0.39 is 11.5 Å². The van der Waals surface area contributed by atoms with E-state index in [1.165, 1.54) is 0 Å². The summed E-state index contributed by atoms with van der Waals surface area (Å²) >= 11 is 0. The second-order valence-electron chi connectivity index (χ2n) is 6.19. The lowest BCUT2D eigenvalue weighted by Gasteiger charge is -2.04. The number of hydrogen-bond donors (Lipinski definition) is 1. The van der Waals surface area contributed by atoms with Gasteiger partial charge >= 0.3 is 5.63 Å². The number of nitrogens with one attached hydrogen (secondary N) is 1. The maximum atomic E-state index is 12.3. The average molecular weight is 347 g/mol. The number of hydrogen-bond acceptors (Lipinski definition) is 4. The molecule has 0 fully saturated rings. The zero-order valence-electron chi connectivity index (χ0n) is 14.2. The van der Waals surface area contributed by atoms with E-state index in [1.54, 1.807) is 24.3 Å². The van der Waals surface area contributed by atoms with Crippen LogP contribution < -0.4 is 10.9 Å². The normalized spacial score (nSPS) is 11.1. The number of aromatic nitrogens is 2. The van der Waals surface area contributed by atoms with E-state index in [4.69, 9.17) is 4.42 Å². The van der Waals surface area contributed by atoms with Crippen LogP contribution in [0.5, 0.6) is 0 Å². The number of amides is 1. The van der Waals surface area contributed by atoms with E-state index in [0.717, 1.165) is 16.9 Å². The Kier molecular flexibility index (Phi) is 4.01. The van der Waals surface area contributed by atoms with Crippen LogP contribution >= 0.6 is 0 Å². The van der Waals surface area contributed by atoms with Crippen molar-refractivity contribution in [2.75, 3.05) is 6.54 Å². The molecule has 0 aliphatic heterocycles. The minimum atomic E-state index is -0.635. The molecule has 3 heterocycles. The number of aryl methyl sites for hydroxylation is 1. The van der Waals surface area contributed by atoms with Crippen molar-refractivity contribution in [1.29, 1.82) is 0 Å². The van der Waals surface area contributed by atoms with Crippen LogP contribution in [0.1, 0.15) is 21.6 Å². The van der Waals surface area contributed by atoms with Gasteiger partial charge in [-0.3, -0.25) is 4.79 Å². The van der Waals surface area contributed by atoms with Crippen LogP contribution in [0.25, 0.3) is 16.6 Å². The van der Waals surface area contributed by atoms with Crippen molar-refractivity contribution in [3.05, 3.63) is 82.1 Å². The highest BCUT2D eigenvalue weighted by Crippen LogP contribution is 2.12. The number of carbonyl (C=O) groups is 1. The first-order chi connectivity index (χ1) is 12.6. The van der Waals surface area contributed by atoms with E-state index in [1.807, 2.05) is 41.9 Å². The lowest BCUT2D eigenvalue weighted by Crippen LogP contribution is -2.29. The van der Waals surface area contributed by atoms with Crippen molar-refractivity contribution in [2.24, 2.45) is 0 Å². The molecule has 0 unspecified atom stereocenters. The SMILES string of the molecule is Cc1ccn2cc(CCNC(=O)c3cc4ccccc4oc3=O)nc2c1. The van der Waals surface area contributed by atoms with Crippen LogP contribution in [0.15, 0.2) is 64.1 Å². The highest BCUT2D eigenvalue weighted by molar-refractivity contribution is 5.96. The molecular weight excluding hydrogens is 330 g/mol. The quantitative estimate of drug-likeness (QED) is 0.576. The fourth-order valence-electron chi connectivity index (χ4n) is 2.88. The van der Waals surface area contributed by atoms with Gasteiger partial charge in [-0.05, 0) is 36.8 Å². The van der Waals surface area contributed by atoms with Gasteiger partial charge in [-0.25, -0.2) is 9.78 Å². The number of para-hydroxylation sites is 1. The Morgan fingerprint density at radius 3 is 2.96 bits per heavy atom. The average Bonchev–Trinajstić information content (AvgIpc) is 3.02. The van der Waals surface area contributed by atoms with Gasteiger partial charge in [0.1, 0.15) is 16.8 Å². The summed E-state index contributed by atoms with van der Waals surface area (Å²) in [7, 11) is 0. The van der Waals surface area contributed by atoms with Gasteiger partial charge in [-0.1, -0.05) is 18.2 Å². The molecule has 4 aromatic rings. The van der Waals surface area contributed by atoms with Crippen LogP contribution in [0.4, 0.5) is 0 Å². The number of pyridine rings is 1. The molecule has 6 nitrogen and oxygen atoms in total. The van der Waals surface area contributed by atoms with Crippen molar-refractivity contribution in [2.45, 2.75) is 13.3 Å². The van der Waals surface area contributed by atoms with Gasteiger partial charge in [0.25, 0.3) is 5.91 Å². The van der Waals surface area contributed by atoms with E-state index in [0.29, 0.717) is 23.9 Å². The monoisotopic (exact) mass is 347 g/mol. The molecule has 3 aromatic heterocycles. The number of nitrogens with zero attached hydrogens (tertiary/aromatic N) is 2. The minimum Gasteiger partial charge on any atom is -0.422 e. The topological polar surface area (TPSA) is 76.6 Å². The molecule has 0 saturated carbocycles. The first-order valence-corrected chi connectivity index (χ1v) is 8.35. The maximum Gasteiger partial charge on any atom is 0.349 e. The Morgan fingerprint density at radius 1 is 1.23 bits per heavy atom. The Bertz CT molecular complexity index is 1170. The van der Waals surface area contributed by atoms with Gasteiger partial charge in [0, 0.05) is 30.7 Å². The third kappa shape index (κ3) is 3.09. The highest BCUT2D eigenvalue weighted by Gasteiger charge is 2.13. The Labute approximate surface area is 149 Å². The Hall–Kier alpha value is -3.41. The maximum absolute atomic E-state index is 12.3. The van der Waals surface area contributed by atoms with E-state index in [2.05, 4.69) is 10.3 Å². The Balaban J connectivity index is 1.46. The standard InChI is InChI=1S/C20H17N3O3/c1-13-7-9-23-12-15(22-18(23)10-13)6-8-21-19(24)16-11-14-4-2-3-5-17(14)26-20(16)25/h2-5,7,9-12H,6,8H2,1H3,(H,21,24). The predicted octanol–water partition coefficient (Wildman–Crippen LogP) is 2.72. The molecule has 0 spiro atoms. The minimum absolute atomic E-state index is 0.00864. The van der Waals surface area contributed by atoms with Gasteiger partial charge in [-0.15, -0.1) is 0 Å². The van der Waals surface area contributed by atoms with E-state index in [-0.39, 0.29) is 5.56 Å². The predicted molar refractivity (Wildman–Crippen MR) is 98.5 cm³/mol. The summed E-state index contributed by atoms with van der Waals surface area (Å²) < 4.78 is 7.14. The number of imidazole rings is 1. The number of rotatable bonds is 4. The molecule has 6 heteroatoms. The molecule has 130 valence electrons. The molecule has 0 aliphatic rings. The zero-order chi connectivity index (χ0) is 18.1. The molecule has 4 rings (SSSR count). The molecule has 0 saturated heterocycles. The molecule has 0 radical (unpaired) electrons. The van der Waals surface area contributed by atoms with Crippen LogP contribution in [-0.2, 0) is 6.42 Å². The summed E-state index contributed by atoms with van der Waals surface area (Å²) in [5.41, 5.74) is 2.74. The van der Waals surface area contributed by atoms with Gasteiger partial charge in [0.05, 0.1) is 5.69 Å². The largest absolute Gasteiger partial charge is 0.422 e. The third-order valence-corrected chi connectivity index (χ3v) is 4.22. The van der Waals surface area contributed by atoms with Gasteiger partial charge in [0.2, 0.25) is 0 Å². The summed E-state index contributed by atoms with van der Waals surface area (Å²) in [6.07, 6.45) is 4.47. The molecule has 0 atom stereocenters. The second-order valence-corrected chi connectivity index (χ2v) is 6.19. The summed E-state index contributed by atoms with van der Waals surface area (Å²) in [5, 5.41) is 3.48. The Morgan fingerprint density at radius 2 is 2.08 bits per heavy atom. The van der Waals surface area contributed by atoms with E-state index >= 15 is 0 Å². The van der Waals surface area contributed by atoms with Crippen molar-refractivity contribution in [3.8, 4) is 0 Å². The summed E-state index contributed by atoms with van der Waals surface area (Å²) in [6.45, 7) is 2.40. The van der Waals surface area contributed by atoms with Gasteiger partial charge in [0.15, 0.2) is 0 Å². The molecule has 26 heavy (non-hydrogen) atoms. The smallest absolute Gasteiger partial charge is 0.349 e. The van der Waals surface area contributed by atoms with E-state index in [9.17, 15) is 9.59 Å². The molecule has 1 N–H and O–H groups in total. The number of carbonyl (C=O) groups excluding carboxylic acids is 1. The van der Waals surface area contributed by atoms with Crippen LogP contribution in [0.3, 0.4) is 0 Å². The summed E-state index contributed by atoms with van der Waals surface area (Å²) in [5.74, 6) is -0.441. The molecule has 1 aromatic carbocycles. The van der Waals surface area contributed by atoms with Crippen molar-refractivity contribution in [1.82, 2.24) is 14.7 Å². The van der Waals surface area contributed by atoms with Crippen molar-refractivity contribution >= 4 is 22.5 Å². The fourth-order valence-corrected chi connectivity index (χ4v) is 2.88. The molecule has 1 amide bonds. The summed E-state index contributed by atoms with van der Waals surface area (Å²) in [4.78, 5) is 28.9.